The van der Waals surface area contributed by atoms with E-state index in [2.05, 4.69) is 9.88 Å². The molecule has 2 N–H and O–H groups in total. The zero-order valence-corrected chi connectivity index (χ0v) is 9.80. The predicted octanol–water partition coefficient (Wildman–Crippen LogP) is 1.92. The molecule has 82 valence electrons. The number of nitrogens with zero attached hydrogens (tertiary/aromatic N) is 2. The summed E-state index contributed by atoms with van der Waals surface area (Å²) < 4.78 is 0. The van der Waals surface area contributed by atoms with Gasteiger partial charge in [-0.3, -0.25) is 4.90 Å². The van der Waals surface area contributed by atoms with Gasteiger partial charge in [-0.1, -0.05) is 23.2 Å². The smallest absolute Gasteiger partial charge is 0.129 e. The average Bonchev–Trinajstić information content (AvgIpc) is 2.58. The zero-order chi connectivity index (χ0) is 10.8. The molecule has 0 bridgehead atoms. The number of pyridine rings is 1. The average molecular weight is 246 g/mol. The quantitative estimate of drug-likeness (QED) is 0.810. The van der Waals surface area contributed by atoms with Crippen molar-refractivity contribution >= 4 is 23.2 Å². The molecule has 0 saturated carbocycles. The first-order chi connectivity index (χ1) is 7.15. The van der Waals surface area contributed by atoms with E-state index in [4.69, 9.17) is 28.9 Å². The molecule has 0 aromatic carbocycles. The van der Waals surface area contributed by atoms with Gasteiger partial charge in [-0.15, -0.1) is 0 Å². The van der Waals surface area contributed by atoms with E-state index >= 15 is 0 Å². The Morgan fingerprint density at radius 2 is 2.27 bits per heavy atom. The van der Waals surface area contributed by atoms with Crippen LogP contribution in [-0.2, 0) is 6.54 Å². The maximum Gasteiger partial charge on any atom is 0.129 e. The monoisotopic (exact) mass is 245 g/mol. The summed E-state index contributed by atoms with van der Waals surface area (Å²) in [5.74, 6) is 0. The van der Waals surface area contributed by atoms with E-state index in [1.54, 1.807) is 12.1 Å². The molecule has 5 heteroatoms. The van der Waals surface area contributed by atoms with Crippen molar-refractivity contribution in [3.8, 4) is 0 Å². The van der Waals surface area contributed by atoms with Crippen molar-refractivity contribution in [2.45, 2.75) is 19.0 Å². The molecule has 2 rings (SSSR count). The van der Waals surface area contributed by atoms with Crippen LogP contribution in [0.15, 0.2) is 12.1 Å². The Morgan fingerprint density at radius 3 is 2.93 bits per heavy atom. The van der Waals surface area contributed by atoms with Gasteiger partial charge in [0.15, 0.2) is 0 Å². The lowest BCUT2D eigenvalue weighted by atomic mass is 10.3. The SMILES string of the molecule is N[C@H]1CCN(Cc2nc(Cl)ccc2Cl)C1. The highest BCUT2D eigenvalue weighted by atomic mass is 35.5. The Balaban J connectivity index is 2.07. The lowest BCUT2D eigenvalue weighted by molar-refractivity contribution is 0.323. The van der Waals surface area contributed by atoms with Gasteiger partial charge in [0.05, 0.1) is 10.7 Å². The maximum atomic E-state index is 6.03. The highest BCUT2D eigenvalue weighted by molar-refractivity contribution is 6.32. The lowest BCUT2D eigenvalue weighted by Gasteiger charge is -2.15. The van der Waals surface area contributed by atoms with Gasteiger partial charge in [0.25, 0.3) is 0 Å². The van der Waals surface area contributed by atoms with Crippen molar-refractivity contribution < 1.29 is 0 Å². The molecule has 3 nitrogen and oxygen atoms in total. The van der Waals surface area contributed by atoms with Crippen LogP contribution in [0.2, 0.25) is 10.2 Å². The van der Waals surface area contributed by atoms with Crippen LogP contribution in [0.4, 0.5) is 0 Å². The van der Waals surface area contributed by atoms with Crippen molar-refractivity contribution in [2.75, 3.05) is 13.1 Å². The minimum Gasteiger partial charge on any atom is -0.326 e. The van der Waals surface area contributed by atoms with E-state index in [1.165, 1.54) is 0 Å². The molecule has 1 aliphatic heterocycles. The molecule has 1 saturated heterocycles. The van der Waals surface area contributed by atoms with Gasteiger partial charge >= 0.3 is 0 Å². The van der Waals surface area contributed by atoms with Crippen molar-refractivity contribution in [3.05, 3.63) is 28.0 Å². The third-order valence-corrected chi connectivity index (χ3v) is 3.12. The first-order valence-corrected chi connectivity index (χ1v) is 5.69. The standard InChI is InChI=1S/C10H13Cl2N3/c11-8-1-2-10(12)14-9(8)6-15-4-3-7(13)5-15/h1-2,7H,3-6,13H2/t7-/m0/s1. The van der Waals surface area contributed by atoms with Crippen molar-refractivity contribution in [1.29, 1.82) is 0 Å². The zero-order valence-electron chi connectivity index (χ0n) is 8.29. The molecule has 1 aliphatic rings. The number of nitrogens with two attached hydrogens (primary N) is 1. The molecule has 0 amide bonds. The minimum atomic E-state index is 0.281. The van der Waals surface area contributed by atoms with E-state index in [1.807, 2.05) is 0 Å². The van der Waals surface area contributed by atoms with Gasteiger partial charge in [-0.25, -0.2) is 4.98 Å². The van der Waals surface area contributed by atoms with Gasteiger partial charge in [-0.05, 0) is 18.6 Å². The first kappa shape index (κ1) is 11.1. The number of rotatable bonds is 2. The van der Waals surface area contributed by atoms with Crippen molar-refractivity contribution in [3.63, 3.8) is 0 Å². The first-order valence-electron chi connectivity index (χ1n) is 4.94. The van der Waals surface area contributed by atoms with E-state index in [0.29, 0.717) is 10.2 Å². The molecular weight excluding hydrogens is 233 g/mol. The Labute approximate surface area is 99.2 Å². The highest BCUT2D eigenvalue weighted by Crippen LogP contribution is 2.20. The minimum absolute atomic E-state index is 0.281. The van der Waals surface area contributed by atoms with Crippen LogP contribution in [0.5, 0.6) is 0 Å². The molecule has 1 fully saturated rings. The summed E-state index contributed by atoms with van der Waals surface area (Å²) in [6.07, 6.45) is 1.04. The van der Waals surface area contributed by atoms with Gasteiger partial charge in [0.2, 0.25) is 0 Å². The fraction of sp³-hybridized carbons (Fsp3) is 0.500. The Hall–Kier alpha value is -0.350. The number of hydrogen-bond acceptors (Lipinski definition) is 3. The Kier molecular flexibility index (Phi) is 3.46. The van der Waals surface area contributed by atoms with E-state index in [0.717, 1.165) is 31.7 Å². The Bertz CT molecular complexity index is 357. The molecule has 1 aromatic rings. The molecule has 1 atom stereocenters. The van der Waals surface area contributed by atoms with Crippen LogP contribution < -0.4 is 5.73 Å². The van der Waals surface area contributed by atoms with Crippen LogP contribution >= 0.6 is 23.2 Å². The van der Waals surface area contributed by atoms with E-state index in [-0.39, 0.29) is 6.04 Å². The van der Waals surface area contributed by atoms with E-state index in [9.17, 15) is 0 Å². The van der Waals surface area contributed by atoms with Crippen molar-refractivity contribution in [1.82, 2.24) is 9.88 Å². The maximum absolute atomic E-state index is 6.03. The van der Waals surface area contributed by atoms with Crippen LogP contribution in [0.25, 0.3) is 0 Å². The number of halogens is 2. The molecular formula is C10H13Cl2N3. The van der Waals surface area contributed by atoms with Crippen LogP contribution in [-0.4, -0.2) is 29.0 Å². The molecule has 0 radical (unpaired) electrons. The fourth-order valence-corrected chi connectivity index (χ4v) is 2.12. The summed E-state index contributed by atoms with van der Waals surface area (Å²) in [6.45, 7) is 2.64. The number of aromatic nitrogens is 1. The van der Waals surface area contributed by atoms with Gasteiger partial charge < -0.3 is 5.73 Å². The highest BCUT2D eigenvalue weighted by Gasteiger charge is 2.20. The fourth-order valence-electron chi connectivity index (χ4n) is 1.79. The van der Waals surface area contributed by atoms with E-state index < -0.39 is 0 Å². The summed E-state index contributed by atoms with van der Waals surface area (Å²) in [4.78, 5) is 6.46. The molecule has 0 unspecified atom stereocenters. The summed E-state index contributed by atoms with van der Waals surface area (Å²) in [7, 11) is 0. The second-order valence-electron chi connectivity index (χ2n) is 3.85. The second-order valence-corrected chi connectivity index (χ2v) is 4.64. The summed E-state index contributed by atoms with van der Waals surface area (Å²) in [6, 6.07) is 3.76. The second kappa shape index (κ2) is 4.66. The number of likely N-dealkylation sites (tertiary alicyclic amines) is 1. The largest absolute Gasteiger partial charge is 0.326 e. The summed E-state index contributed by atoms with van der Waals surface area (Å²) in [5.41, 5.74) is 6.66. The molecule has 2 heterocycles. The van der Waals surface area contributed by atoms with Crippen LogP contribution in [0.1, 0.15) is 12.1 Å². The van der Waals surface area contributed by atoms with Crippen LogP contribution in [0.3, 0.4) is 0 Å². The van der Waals surface area contributed by atoms with Crippen molar-refractivity contribution in [2.24, 2.45) is 5.73 Å². The van der Waals surface area contributed by atoms with Gasteiger partial charge in [0, 0.05) is 25.7 Å². The Morgan fingerprint density at radius 1 is 1.47 bits per heavy atom. The van der Waals surface area contributed by atoms with Gasteiger partial charge in [0.1, 0.15) is 5.15 Å². The third kappa shape index (κ3) is 2.82. The summed E-state index contributed by atoms with van der Waals surface area (Å²) in [5, 5.41) is 1.15. The molecule has 0 aliphatic carbocycles. The molecule has 1 aromatic heterocycles. The molecule has 0 spiro atoms. The molecule has 15 heavy (non-hydrogen) atoms. The number of hydrogen-bond donors (Lipinski definition) is 1. The topological polar surface area (TPSA) is 42.1 Å². The lowest BCUT2D eigenvalue weighted by Crippen LogP contribution is -2.26. The van der Waals surface area contributed by atoms with Crippen LogP contribution in [0, 0.1) is 0 Å². The third-order valence-electron chi connectivity index (χ3n) is 2.57. The normalized spacial score (nSPS) is 22.2. The summed E-state index contributed by atoms with van der Waals surface area (Å²) >= 11 is 11.8. The van der Waals surface area contributed by atoms with Gasteiger partial charge in [-0.2, -0.15) is 0 Å². The predicted molar refractivity (Wildman–Crippen MR) is 62.1 cm³/mol.